The second-order valence-corrected chi connectivity index (χ2v) is 2.59. The van der Waals surface area contributed by atoms with Crippen LogP contribution in [0.1, 0.15) is 6.92 Å². The quantitative estimate of drug-likeness (QED) is 0.445. The lowest BCUT2D eigenvalue weighted by atomic mass is 10.2. The molecule has 2 aliphatic carbocycles. The Morgan fingerprint density at radius 2 is 1.83 bits per heavy atom. The molecule has 2 aliphatic rings. The topological polar surface area (TPSA) is 26.0 Å². The minimum atomic E-state index is 0.625. The van der Waals surface area contributed by atoms with Crippen molar-refractivity contribution in [2.75, 3.05) is 0 Å². The lowest BCUT2D eigenvalue weighted by Gasteiger charge is -1.95. The Balaban J connectivity index is 2.06. The molecule has 0 aromatic heterocycles. The first-order chi connectivity index (χ1) is 2.82. The molecule has 2 fully saturated rings. The number of fused-ring (bicyclic) bond motifs is 1. The van der Waals surface area contributed by atoms with Crippen LogP contribution in [0.2, 0.25) is 0 Å². The minimum Gasteiger partial charge on any atom is -0.327 e. The fourth-order valence-electron chi connectivity index (χ4n) is 1.47. The van der Waals surface area contributed by atoms with Crippen molar-refractivity contribution >= 4 is 0 Å². The van der Waals surface area contributed by atoms with Gasteiger partial charge in [-0.1, -0.05) is 6.92 Å². The van der Waals surface area contributed by atoms with Gasteiger partial charge in [0.05, 0.1) is 0 Å². The Labute approximate surface area is 37.5 Å². The zero-order chi connectivity index (χ0) is 4.31. The molecule has 2 rings (SSSR count). The monoisotopic (exact) mass is 83.1 g/mol. The van der Waals surface area contributed by atoms with E-state index in [4.69, 9.17) is 5.73 Å². The van der Waals surface area contributed by atoms with E-state index in [0.717, 1.165) is 17.8 Å². The second kappa shape index (κ2) is 0.544. The summed E-state index contributed by atoms with van der Waals surface area (Å²) >= 11 is 0. The first kappa shape index (κ1) is 3.03. The zero-order valence-electron chi connectivity index (χ0n) is 3.89. The largest absolute Gasteiger partial charge is 0.327 e. The van der Waals surface area contributed by atoms with Gasteiger partial charge < -0.3 is 5.73 Å². The molecule has 2 saturated carbocycles. The molecule has 0 heterocycles. The molecule has 0 amide bonds. The maximum absolute atomic E-state index is 5.51. The van der Waals surface area contributed by atoms with Crippen molar-refractivity contribution in [2.45, 2.75) is 13.0 Å². The summed E-state index contributed by atoms with van der Waals surface area (Å²) in [5.41, 5.74) is 5.51. The van der Waals surface area contributed by atoms with Crippen LogP contribution in [-0.4, -0.2) is 6.04 Å². The lowest BCUT2D eigenvalue weighted by Crippen LogP contribution is -2.13. The molecule has 0 aromatic rings. The molecule has 0 saturated heterocycles. The van der Waals surface area contributed by atoms with Gasteiger partial charge in [0.1, 0.15) is 0 Å². The van der Waals surface area contributed by atoms with E-state index in [2.05, 4.69) is 6.92 Å². The summed E-state index contributed by atoms with van der Waals surface area (Å²) < 4.78 is 0. The Morgan fingerprint density at radius 1 is 1.33 bits per heavy atom. The molecular formula is C5H9N. The SMILES string of the molecule is CC1C2C(N)C12. The summed E-state index contributed by atoms with van der Waals surface area (Å²) in [7, 11) is 0. The van der Waals surface area contributed by atoms with Crippen molar-refractivity contribution in [2.24, 2.45) is 23.5 Å². The van der Waals surface area contributed by atoms with Crippen molar-refractivity contribution in [3.63, 3.8) is 0 Å². The summed E-state index contributed by atoms with van der Waals surface area (Å²) in [4.78, 5) is 0. The van der Waals surface area contributed by atoms with Gasteiger partial charge in [0.15, 0.2) is 0 Å². The molecule has 2 unspecified atom stereocenters. The fraction of sp³-hybridized carbons (Fsp3) is 1.00. The normalized spacial score (nSPS) is 73.0. The van der Waals surface area contributed by atoms with Gasteiger partial charge >= 0.3 is 0 Å². The molecule has 2 atom stereocenters. The van der Waals surface area contributed by atoms with Gasteiger partial charge in [-0.3, -0.25) is 0 Å². The van der Waals surface area contributed by atoms with Crippen LogP contribution in [0.3, 0.4) is 0 Å². The molecule has 1 heteroatoms. The minimum absolute atomic E-state index is 0.625. The van der Waals surface area contributed by atoms with Crippen LogP contribution in [-0.2, 0) is 0 Å². The standard InChI is InChI=1S/C5H9N/c1-2-3-4(2)5(3)6/h2-5H,6H2,1H3. The van der Waals surface area contributed by atoms with Crippen LogP contribution in [0.15, 0.2) is 0 Å². The summed E-state index contributed by atoms with van der Waals surface area (Å²) in [5.74, 6) is 2.93. The van der Waals surface area contributed by atoms with Crippen LogP contribution < -0.4 is 5.73 Å². The Bertz CT molecular complexity index is 69.9. The Morgan fingerprint density at radius 3 is 1.83 bits per heavy atom. The molecular weight excluding hydrogens is 74.1 g/mol. The van der Waals surface area contributed by atoms with Gasteiger partial charge in [0.25, 0.3) is 0 Å². The Hall–Kier alpha value is -0.0400. The third kappa shape index (κ3) is 0.136. The smallest absolute Gasteiger partial charge is 0.0108 e. The van der Waals surface area contributed by atoms with E-state index >= 15 is 0 Å². The molecule has 1 nitrogen and oxygen atoms in total. The molecule has 6 heavy (non-hydrogen) atoms. The van der Waals surface area contributed by atoms with Gasteiger partial charge in [-0.05, 0) is 17.8 Å². The molecule has 0 aromatic carbocycles. The van der Waals surface area contributed by atoms with Crippen molar-refractivity contribution in [1.82, 2.24) is 0 Å². The van der Waals surface area contributed by atoms with Crippen molar-refractivity contribution in [3.05, 3.63) is 0 Å². The van der Waals surface area contributed by atoms with Crippen LogP contribution in [0.25, 0.3) is 0 Å². The van der Waals surface area contributed by atoms with Crippen molar-refractivity contribution in [3.8, 4) is 0 Å². The first-order valence-corrected chi connectivity index (χ1v) is 2.58. The summed E-state index contributed by atoms with van der Waals surface area (Å²) in [6.07, 6.45) is 0. The molecule has 2 N–H and O–H groups in total. The van der Waals surface area contributed by atoms with E-state index in [0.29, 0.717) is 6.04 Å². The average molecular weight is 83.1 g/mol. The third-order valence-corrected chi connectivity index (χ3v) is 2.27. The number of rotatable bonds is 0. The van der Waals surface area contributed by atoms with Gasteiger partial charge in [-0.25, -0.2) is 0 Å². The number of hydrogen-bond acceptors (Lipinski definition) is 1. The van der Waals surface area contributed by atoms with E-state index in [9.17, 15) is 0 Å². The van der Waals surface area contributed by atoms with E-state index in [1.807, 2.05) is 0 Å². The first-order valence-electron chi connectivity index (χ1n) is 2.58. The number of hydrogen-bond donors (Lipinski definition) is 1. The zero-order valence-corrected chi connectivity index (χ0v) is 3.89. The third-order valence-electron chi connectivity index (χ3n) is 2.27. The maximum Gasteiger partial charge on any atom is 0.0108 e. The lowest BCUT2D eigenvalue weighted by molar-refractivity contribution is 0.600. The number of nitrogens with two attached hydrogens (primary N) is 1. The predicted molar refractivity (Wildman–Crippen MR) is 24.1 cm³/mol. The van der Waals surface area contributed by atoms with Gasteiger partial charge in [0, 0.05) is 6.04 Å². The van der Waals surface area contributed by atoms with Gasteiger partial charge in [-0.2, -0.15) is 0 Å². The van der Waals surface area contributed by atoms with E-state index in [-0.39, 0.29) is 0 Å². The maximum atomic E-state index is 5.51. The highest BCUT2D eigenvalue weighted by atomic mass is 14.9. The second-order valence-electron chi connectivity index (χ2n) is 2.59. The highest BCUT2D eigenvalue weighted by Crippen LogP contribution is 2.66. The van der Waals surface area contributed by atoms with Crippen LogP contribution in [0.4, 0.5) is 0 Å². The van der Waals surface area contributed by atoms with Gasteiger partial charge in [0.2, 0.25) is 0 Å². The summed E-state index contributed by atoms with van der Waals surface area (Å²) in [5, 5.41) is 0. The van der Waals surface area contributed by atoms with Crippen LogP contribution >= 0.6 is 0 Å². The van der Waals surface area contributed by atoms with E-state index in [1.54, 1.807) is 0 Å². The van der Waals surface area contributed by atoms with Crippen LogP contribution in [0, 0.1) is 17.8 Å². The van der Waals surface area contributed by atoms with Gasteiger partial charge in [-0.15, -0.1) is 0 Å². The summed E-state index contributed by atoms with van der Waals surface area (Å²) in [6, 6.07) is 0.625. The average Bonchev–Trinajstić information content (AvgIpc) is 2.28. The molecule has 0 aliphatic heterocycles. The molecule has 34 valence electrons. The van der Waals surface area contributed by atoms with E-state index in [1.165, 1.54) is 0 Å². The molecule has 0 spiro atoms. The van der Waals surface area contributed by atoms with Crippen molar-refractivity contribution in [1.29, 1.82) is 0 Å². The highest BCUT2D eigenvalue weighted by Gasteiger charge is 2.69. The summed E-state index contributed by atoms with van der Waals surface area (Å²) in [6.45, 7) is 2.28. The Kier molecular flexibility index (Phi) is 0.274. The van der Waals surface area contributed by atoms with Crippen molar-refractivity contribution < 1.29 is 0 Å². The molecule has 0 bridgehead atoms. The fourth-order valence-corrected chi connectivity index (χ4v) is 1.47. The highest BCUT2D eigenvalue weighted by molar-refractivity contribution is 5.21. The van der Waals surface area contributed by atoms with Crippen LogP contribution in [0.5, 0.6) is 0 Å². The predicted octanol–water partition coefficient (Wildman–Crippen LogP) is 0.209. The molecule has 0 radical (unpaired) electrons. The van der Waals surface area contributed by atoms with E-state index < -0.39 is 0 Å².